The van der Waals surface area contributed by atoms with Gasteiger partial charge in [-0.05, 0) is 39.3 Å². The van der Waals surface area contributed by atoms with Crippen LogP contribution in [-0.4, -0.2) is 37.6 Å². The molecule has 1 aliphatic carbocycles. The Balaban J connectivity index is 2.17. The fraction of sp³-hybridized carbons (Fsp3) is 0.900. The highest BCUT2D eigenvalue weighted by molar-refractivity contribution is 5.75. The van der Waals surface area contributed by atoms with Crippen molar-refractivity contribution in [1.29, 1.82) is 0 Å². The Morgan fingerprint density at radius 2 is 2.15 bits per heavy atom. The molecule has 0 bridgehead atoms. The van der Waals surface area contributed by atoms with Gasteiger partial charge in [-0.25, -0.2) is 0 Å². The first-order valence-electron chi connectivity index (χ1n) is 4.85. The standard InChI is InChI=1S/C10H19NO2/c1-7-5-9(7)6-13-10(12)8(2)11(3)4/h7-9H,5-6H2,1-4H3. The Bertz CT molecular complexity index is 191. The summed E-state index contributed by atoms with van der Waals surface area (Å²) in [4.78, 5) is 13.2. The Labute approximate surface area is 80.1 Å². The Kier molecular flexibility index (Phi) is 3.31. The summed E-state index contributed by atoms with van der Waals surface area (Å²) in [6.07, 6.45) is 1.21. The lowest BCUT2D eigenvalue weighted by atomic mass is 10.3. The molecule has 3 nitrogen and oxygen atoms in total. The second kappa shape index (κ2) is 4.09. The molecule has 3 heteroatoms. The van der Waals surface area contributed by atoms with Crippen molar-refractivity contribution in [3.63, 3.8) is 0 Å². The van der Waals surface area contributed by atoms with Crippen LogP contribution in [0.3, 0.4) is 0 Å². The lowest BCUT2D eigenvalue weighted by molar-refractivity contribution is -0.149. The van der Waals surface area contributed by atoms with Crippen molar-refractivity contribution >= 4 is 5.97 Å². The summed E-state index contributed by atoms with van der Waals surface area (Å²) < 4.78 is 5.18. The highest BCUT2D eigenvalue weighted by atomic mass is 16.5. The van der Waals surface area contributed by atoms with E-state index in [9.17, 15) is 4.79 Å². The van der Waals surface area contributed by atoms with Crippen molar-refractivity contribution in [3.8, 4) is 0 Å². The predicted octanol–water partition coefficient (Wildman–Crippen LogP) is 1.14. The van der Waals surface area contributed by atoms with Crippen molar-refractivity contribution in [2.45, 2.75) is 26.3 Å². The number of esters is 1. The molecule has 0 N–H and O–H groups in total. The molecule has 1 fully saturated rings. The molecule has 13 heavy (non-hydrogen) atoms. The molecular formula is C10H19NO2. The summed E-state index contributed by atoms with van der Waals surface area (Å²) in [6.45, 7) is 4.66. The van der Waals surface area contributed by atoms with Gasteiger partial charge in [0, 0.05) is 0 Å². The number of nitrogens with zero attached hydrogens (tertiary/aromatic N) is 1. The molecule has 0 aromatic heterocycles. The summed E-state index contributed by atoms with van der Waals surface area (Å²) >= 11 is 0. The van der Waals surface area contributed by atoms with E-state index in [-0.39, 0.29) is 12.0 Å². The van der Waals surface area contributed by atoms with Crippen LogP contribution in [0.5, 0.6) is 0 Å². The smallest absolute Gasteiger partial charge is 0.323 e. The monoisotopic (exact) mass is 185 g/mol. The maximum atomic E-state index is 11.4. The van der Waals surface area contributed by atoms with E-state index in [0.717, 1.165) is 5.92 Å². The van der Waals surface area contributed by atoms with Gasteiger partial charge in [-0.1, -0.05) is 6.92 Å². The van der Waals surface area contributed by atoms with Crippen LogP contribution in [0, 0.1) is 11.8 Å². The van der Waals surface area contributed by atoms with Gasteiger partial charge in [0.25, 0.3) is 0 Å². The third kappa shape index (κ3) is 2.99. The van der Waals surface area contributed by atoms with E-state index in [1.165, 1.54) is 6.42 Å². The average Bonchev–Trinajstić information content (AvgIpc) is 2.76. The largest absolute Gasteiger partial charge is 0.464 e. The lowest BCUT2D eigenvalue weighted by Crippen LogP contribution is -2.34. The van der Waals surface area contributed by atoms with Gasteiger partial charge >= 0.3 is 5.97 Å². The minimum atomic E-state index is -0.131. The van der Waals surface area contributed by atoms with Crippen LogP contribution in [0.4, 0.5) is 0 Å². The second-order valence-corrected chi connectivity index (χ2v) is 4.24. The molecule has 0 aliphatic heterocycles. The topological polar surface area (TPSA) is 29.5 Å². The van der Waals surface area contributed by atoms with Crippen LogP contribution in [0.2, 0.25) is 0 Å². The van der Waals surface area contributed by atoms with Crippen LogP contribution < -0.4 is 0 Å². The molecule has 0 radical (unpaired) electrons. The number of carbonyl (C=O) groups is 1. The molecule has 3 atom stereocenters. The number of rotatable bonds is 4. The van der Waals surface area contributed by atoms with Crippen molar-refractivity contribution in [2.75, 3.05) is 20.7 Å². The molecule has 0 saturated heterocycles. The van der Waals surface area contributed by atoms with E-state index in [1.807, 2.05) is 25.9 Å². The summed E-state index contributed by atoms with van der Waals surface area (Å²) in [7, 11) is 3.76. The maximum absolute atomic E-state index is 11.4. The molecule has 0 aromatic rings. The van der Waals surface area contributed by atoms with Gasteiger partial charge in [-0.3, -0.25) is 9.69 Å². The number of hydrogen-bond donors (Lipinski definition) is 0. The van der Waals surface area contributed by atoms with E-state index < -0.39 is 0 Å². The van der Waals surface area contributed by atoms with Crippen molar-refractivity contribution in [3.05, 3.63) is 0 Å². The molecular weight excluding hydrogens is 166 g/mol. The van der Waals surface area contributed by atoms with E-state index >= 15 is 0 Å². The Morgan fingerprint density at radius 1 is 1.62 bits per heavy atom. The Hall–Kier alpha value is -0.570. The van der Waals surface area contributed by atoms with Crippen molar-refractivity contribution < 1.29 is 9.53 Å². The number of carbonyl (C=O) groups excluding carboxylic acids is 1. The molecule has 0 aromatic carbocycles. The molecule has 3 unspecified atom stereocenters. The SMILES string of the molecule is CC1CC1COC(=O)C(C)N(C)C. The quantitative estimate of drug-likeness (QED) is 0.615. The average molecular weight is 185 g/mol. The minimum Gasteiger partial charge on any atom is -0.464 e. The summed E-state index contributed by atoms with van der Waals surface area (Å²) in [5.41, 5.74) is 0. The molecule has 1 saturated carbocycles. The second-order valence-electron chi connectivity index (χ2n) is 4.24. The van der Waals surface area contributed by atoms with Gasteiger partial charge in [0.2, 0.25) is 0 Å². The zero-order chi connectivity index (χ0) is 10.0. The van der Waals surface area contributed by atoms with E-state index in [2.05, 4.69) is 6.92 Å². The fourth-order valence-corrected chi connectivity index (χ4v) is 1.15. The number of hydrogen-bond acceptors (Lipinski definition) is 3. The fourth-order valence-electron chi connectivity index (χ4n) is 1.15. The van der Waals surface area contributed by atoms with Crippen molar-refractivity contribution in [1.82, 2.24) is 4.90 Å². The van der Waals surface area contributed by atoms with Gasteiger partial charge in [-0.2, -0.15) is 0 Å². The highest BCUT2D eigenvalue weighted by Gasteiger charge is 2.34. The normalized spacial score (nSPS) is 28.7. The van der Waals surface area contributed by atoms with Crippen LogP contribution in [-0.2, 0) is 9.53 Å². The molecule has 0 spiro atoms. The zero-order valence-corrected chi connectivity index (χ0v) is 8.91. The minimum absolute atomic E-state index is 0.107. The Morgan fingerprint density at radius 3 is 2.54 bits per heavy atom. The third-order valence-electron chi connectivity index (χ3n) is 2.83. The van der Waals surface area contributed by atoms with Crippen LogP contribution in [0.25, 0.3) is 0 Å². The van der Waals surface area contributed by atoms with Crippen molar-refractivity contribution in [2.24, 2.45) is 11.8 Å². The molecule has 76 valence electrons. The third-order valence-corrected chi connectivity index (χ3v) is 2.83. The summed E-state index contributed by atoms with van der Waals surface area (Å²) in [5, 5.41) is 0. The molecule has 1 rings (SSSR count). The van der Waals surface area contributed by atoms with Crippen LogP contribution >= 0.6 is 0 Å². The van der Waals surface area contributed by atoms with Crippen LogP contribution in [0.1, 0.15) is 20.3 Å². The zero-order valence-electron chi connectivity index (χ0n) is 8.91. The van der Waals surface area contributed by atoms with E-state index in [0.29, 0.717) is 12.5 Å². The summed E-state index contributed by atoms with van der Waals surface area (Å²) in [6, 6.07) is -0.131. The van der Waals surface area contributed by atoms with Gasteiger partial charge < -0.3 is 4.74 Å². The summed E-state index contributed by atoms with van der Waals surface area (Å²) in [5.74, 6) is 1.27. The molecule has 1 aliphatic rings. The molecule has 0 amide bonds. The van der Waals surface area contributed by atoms with Gasteiger partial charge in [0.15, 0.2) is 0 Å². The first kappa shape index (κ1) is 10.5. The van der Waals surface area contributed by atoms with E-state index in [1.54, 1.807) is 0 Å². The van der Waals surface area contributed by atoms with Gasteiger partial charge in [0.05, 0.1) is 6.61 Å². The number of ether oxygens (including phenoxy) is 1. The first-order valence-corrected chi connectivity index (χ1v) is 4.85. The van der Waals surface area contributed by atoms with Crippen LogP contribution in [0.15, 0.2) is 0 Å². The molecule has 0 heterocycles. The highest BCUT2D eigenvalue weighted by Crippen LogP contribution is 2.37. The number of likely N-dealkylation sites (N-methyl/N-ethyl adjacent to an activating group) is 1. The lowest BCUT2D eigenvalue weighted by Gasteiger charge is -2.17. The predicted molar refractivity (Wildman–Crippen MR) is 51.4 cm³/mol. The van der Waals surface area contributed by atoms with E-state index in [4.69, 9.17) is 4.74 Å². The first-order chi connectivity index (χ1) is 6.02. The maximum Gasteiger partial charge on any atom is 0.323 e. The van der Waals surface area contributed by atoms with Gasteiger partial charge in [0.1, 0.15) is 6.04 Å². The van der Waals surface area contributed by atoms with Gasteiger partial charge in [-0.15, -0.1) is 0 Å².